The molecule has 220 valence electrons. The van der Waals surface area contributed by atoms with Crippen molar-refractivity contribution in [2.75, 3.05) is 39.3 Å². The van der Waals surface area contributed by atoms with Crippen molar-refractivity contribution < 1.29 is 32.2 Å². The van der Waals surface area contributed by atoms with Gasteiger partial charge in [-0.1, -0.05) is 60.2 Å². The summed E-state index contributed by atoms with van der Waals surface area (Å²) in [5.74, 6) is 0.692. The molecule has 0 aliphatic rings. The molecule has 0 spiro atoms. The lowest BCUT2D eigenvalue weighted by molar-refractivity contribution is -0.120. The molecule has 1 N–H and O–H groups in total. The van der Waals surface area contributed by atoms with E-state index >= 15 is 0 Å². The normalized spacial score (nSPS) is 11.7. The Labute approximate surface area is 246 Å². The van der Waals surface area contributed by atoms with Gasteiger partial charge >= 0.3 is 0 Å². The maximum Gasteiger partial charge on any atom is 0.265 e. The number of ether oxygens (including phenoxy) is 4. The molecule has 1 amide bonds. The molecule has 0 bridgehead atoms. The molecule has 0 saturated heterocycles. The van der Waals surface area contributed by atoms with Gasteiger partial charge in [-0.25, -0.2) is 8.42 Å². The molecule has 4 rings (SSSR count). The van der Waals surface area contributed by atoms with Gasteiger partial charge in [0.2, 0.25) is 5.91 Å². The standard InChI is InChI=1S/C32H34N2O7S/c1-22-11-13-24(14-12-22)32(23-9-7-6-8-10-23)33-31(35)21-34(27-19-25(38-2)15-17-28(27)39-3)42(36,37)26-16-18-29(40-4)30(20-26)41-5/h6-20,32H,21H2,1-5H3,(H,33,35)/t32-/m1/s1. The molecule has 0 saturated carbocycles. The fraction of sp³-hybridized carbons (Fsp3) is 0.219. The lowest BCUT2D eigenvalue weighted by atomic mass is 9.98. The average Bonchev–Trinajstić information content (AvgIpc) is 3.02. The van der Waals surface area contributed by atoms with Crippen LogP contribution in [0, 0.1) is 6.92 Å². The SMILES string of the molecule is COc1ccc(OC)c(N(CC(=O)N[C@H](c2ccccc2)c2ccc(C)cc2)S(=O)(=O)c2ccc(OC)c(OC)c2)c1. The molecule has 0 fully saturated rings. The number of hydrogen-bond donors (Lipinski definition) is 1. The van der Waals surface area contributed by atoms with Crippen molar-refractivity contribution in [3.05, 3.63) is 108 Å². The summed E-state index contributed by atoms with van der Waals surface area (Å²) in [7, 11) is 1.44. The number of rotatable bonds is 12. The highest BCUT2D eigenvalue weighted by Crippen LogP contribution is 2.37. The van der Waals surface area contributed by atoms with Gasteiger partial charge in [0, 0.05) is 12.1 Å². The van der Waals surface area contributed by atoms with Crippen molar-refractivity contribution in [3.63, 3.8) is 0 Å². The third-order valence-corrected chi connectivity index (χ3v) is 8.49. The van der Waals surface area contributed by atoms with Gasteiger partial charge in [0.1, 0.15) is 18.0 Å². The minimum Gasteiger partial charge on any atom is -0.497 e. The lowest BCUT2D eigenvalue weighted by Gasteiger charge is -2.28. The number of nitrogens with one attached hydrogen (secondary N) is 1. The molecular weight excluding hydrogens is 556 g/mol. The van der Waals surface area contributed by atoms with Crippen LogP contribution in [0.4, 0.5) is 5.69 Å². The number of aryl methyl sites for hydroxylation is 1. The Kier molecular flexibility index (Phi) is 9.59. The van der Waals surface area contributed by atoms with Gasteiger partial charge in [0.05, 0.1) is 45.1 Å². The molecule has 0 aliphatic carbocycles. The first-order valence-electron chi connectivity index (χ1n) is 13.1. The summed E-state index contributed by atoms with van der Waals surface area (Å²) in [6.45, 7) is 1.44. The zero-order valence-electron chi connectivity index (χ0n) is 24.2. The van der Waals surface area contributed by atoms with E-state index in [2.05, 4.69) is 5.32 Å². The van der Waals surface area contributed by atoms with Gasteiger partial charge in [0.25, 0.3) is 10.0 Å². The summed E-state index contributed by atoms with van der Waals surface area (Å²) in [5, 5.41) is 3.04. The second kappa shape index (κ2) is 13.3. The summed E-state index contributed by atoms with van der Waals surface area (Å²) in [6, 6.07) is 25.8. The Balaban J connectivity index is 1.79. The van der Waals surface area contributed by atoms with Crippen LogP contribution in [0.3, 0.4) is 0 Å². The van der Waals surface area contributed by atoms with Gasteiger partial charge in [-0.2, -0.15) is 0 Å². The van der Waals surface area contributed by atoms with Gasteiger partial charge in [-0.3, -0.25) is 9.10 Å². The second-order valence-corrected chi connectivity index (χ2v) is 11.3. The largest absolute Gasteiger partial charge is 0.497 e. The number of benzene rings is 4. The van der Waals surface area contributed by atoms with E-state index in [-0.39, 0.29) is 22.1 Å². The van der Waals surface area contributed by atoms with Crippen molar-refractivity contribution >= 4 is 21.6 Å². The molecule has 0 radical (unpaired) electrons. The Bertz CT molecular complexity index is 1620. The predicted octanol–water partition coefficient (Wildman–Crippen LogP) is 5.13. The topological polar surface area (TPSA) is 103 Å². The number of nitrogens with zero attached hydrogens (tertiary/aromatic N) is 1. The molecule has 9 nitrogen and oxygen atoms in total. The number of anilines is 1. The highest BCUT2D eigenvalue weighted by Gasteiger charge is 2.32. The molecule has 0 heterocycles. The monoisotopic (exact) mass is 590 g/mol. The Morgan fingerprint density at radius 3 is 1.98 bits per heavy atom. The number of hydrogen-bond acceptors (Lipinski definition) is 7. The smallest absolute Gasteiger partial charge is 0.265 e. The van der Waals surface area contributed by atoms with Crippen LogP contribution in [0.5, 0.6) is 23.0 Å². The molecular formula is C32H34N2O7S. The number of carbonyl (C=O) groups excluding carboxylic acids is 1. The molecule has 0 aliphatic heterocycles. The highest BCUT2D eigenvalue weighted by atomic mass is 32.2. The summed E-state index contributed by atoms with van der Waals surface area (Å²) in [6.07, 6.45) is 0. The quantitative estimate of drug-likeness (QED) is 0.244. The van der Waals surface area contributed by atoms with E-state index in [1.54, 1.807) is 12.1 Å². The number of amides is 1. The van der Waals surface area contributed by atoms with Crippen LogP contribution >= 0.6 is 0 Å². The zero-order chi connectivity index (χ0) is 30.3. The van der Waals surface area contributed by atoms with Crippen LogP contribution in [-0.2, 0) is 14.8 Å². The van der Waals surface area contributed by atoms with E-state index in [9.17, 15) is 13.2 Å². The molecule has 4 aromatic rings. The fourth-order valence-corrected chi connectivity index (χ4v) is 5.94. The lowest BCUT2D eigenvalue weighted by Crippen LogP contribution is -2.42. The van der Waals surface area contributed by atoms with Gasteiger partial charge < -0.3 is 24.3 Å². The fourth-order valence-electron chi connectivity index (χ4n) is 4.50. The van der Waals surface area contributed by atoms with E-state index in [1.807, 2.05) is 61.5 Å². The van der Waals surface area contributed by atoms with E-state index in [0.29, 0.717) is 11.5 Å². The van der Waals surface area contributed by atoms with Crippen LogP contribution in [0.2, 0.25) is 0 Å². The van der Waals surface area contributed by atoms with Gasteiger partial charge in [0.15, 0.2) is 11.5 Å². The zero-order valence-corrected chi connectivity index (χ0v) is 25.0. The minimum absolute atomic E-state index is 0.101. The van der Waals surface area contributed by atoms with E-state index in [1.165, 1.54) is 52.7 Å². The van der Waals surface area contributed by atoms with Crippen LogP contribution in [-0.4, -0.2) is 49.3 Å². The predicted molar refractivity (Wildman–Crippen MR) is 161 cm³/mol. The third kappa shape index (κ3) is 6.60. The van der Waals surface area contributed by atoms with Gasteiger partial charge in [-0.15, -0.1) is 0 Å². The van der Waals surface area contributed by atoms with Crippen LogP contribution in [0.25, 0.3) is 0 Å². The van der Waals surface area contributed by atoms with Crippen molar-refractivity contribution in [2.24, 2.45) is 0 Å². The first-order chi connectivity index (χ1) is 20.2. The molecule has 4 aromatic carbocycles. The van der Waals surface area contributed by atoms with E-state index in [0.717, 1.165) is 21.0 Å². The Hall–Kier alpha value is -4.70. The third-order valence-electron chi connectivity index (χ3n) is 6.73. The number of carbonyl (C=O) groups is 1. The molecule has 42 heavy (non-hydrogen) atoms. The summed E-state index contributed by atoms with van der Waals surface area (Å²) < 4.78 is 51.0. The second-order valence-electron chi connectivity index (χ2n) is 9.39. The first-order valence-corrected chi connectivity index (χ1v) is 14.5. The molecule has 0 unspecified atom stereocenters. The molecule has 1 atom stereocenters. The van der Waals surface area contributed by atoms with E-state index < -0.39 is 28.5 Å². The molecule has 0 aromatic heterocycles. The average molecular weight is 591 g/mol. The van der Waals surface area contributed by atoms with Crippen LogP contribution in [0.15, 0.2) is 95.9 Å². The van der Waals surface area contributed by atoms with Crippen molar-refractivity contribution in [3.8, 4) is 23.0 Å². The maximum absolute atomic E-state index is 14.2. The summed E-state index contributed by atoms with van der Waals surface area (Å²) >= 11 is 0. The first kappa shape index (κ1) is 30.3. The van der Waals surface area contributed by atoms with Crippen molar-refractivity contribution in [1.82, 2.24) is 5.32 Å². The van der Waals surface area contributed by atoms with Crippen molar-refractivity contribution in [1.29, 1.82) is 0 Å². The van der Waals surface area contributed by atoms with E-state index in [4.69, 9.17) is 18.9 Å². The summed E-state index contributed by atoms with van der Waals surface area (Å²) in [4.78, 5) is 13.7. The number of methoxy groups -OCH3 is 4. The summed E-state index contributed by atoms with van der Waals surface area (Å²) in [5.41, 5.74) is 2.92. The maximum atomic E-state index is 14.2. The highest BCUT2D eigenvalue weighted by molar-refractivity contribution is 7.92. The minimum atomic E-state index is -4.33. The Morgan fingerprint density at radius 2 is 1.36 bits per heavy atom. The molecule has 10 heteroatoms. The van der Waals surface area contributed by atoms with Crippen LogP contribution in [0.1, 0.15) is 22.7 Å². The van der Waals surface area contributed by atoms with Crippen LogP contribution < -0.4 is 28.6 Å². The number of sulfonamides is 1. The Morgan fingerprint density at radius 1 is 0.738 bits per heavy atom. The van der Waals surface area contributed by atoms with Gasteiger partial charge in [-0.05, 0) is 42.3 Å². The van der Waals surface area contributed by atoms with Crippen molar-refractivity contribution in [2.45, 2.75) is 17.9 Å².